The zero-order valence-electron chi connectivity index (χ0n) is 13.4. The summed E-state index contributed by atoms with van der Waals surface area (Å²) < 4.78 is 41.0. The molecule has 0 radical (unpaired) electrons. The number of imide groups is 1. The van der Waals surface area contributed by atoms with E-state index < -0.39 is 36.3 Å². The zero-order chi connectivity index (χ0) is 19.1. The van der Waals surface area contributed by atoms with Crippen molar-refractivity contribution in [1.82, 2.24) is 14.6 Å². The van der Waals surface area contributed by atoms with Crippen molar-refractivity contribution in [2.45, 2.75) is 18.5 Å². The number of hydroxylamine groups is 2. The number of hydrogen-bond donors (Lipinski definition) is 0. The van der Waals surface area contributed by atoms with Gasteiger partial charge >= 0.3 is 12.1 Å². The normalized spacial score (nSPS) is 15.2. The summed E-state index contributed by atoms with van der Waals surface area (Å²) in [4.78, 5) is 44.5. The molecule has 1 aromatic heterocycles. The molecule has 1 unspecified atom stereocenters. The lowest BCUT2D eigenvalue weighted by atomic mass is 10.0. The second kappa shape index (κ2) is 6.28. The summed E-state index contributed by atoms with van der Waals surface area (Å²) in [5.41, 5.74) is 0.0311. The van der Waals surface area contributed by atoms with Gasteiger partial charge < -0.3 is 9.40 Å². The lowest BCUT2D eigenvalue weighted by Gasteiger charge is -2.20. The number of carbonyl (C=O) groups is 3. The second-order valence-electron chi connectivity index (χ2n) is 5.61. The molecule has 0 saturated heterocycles. The Balaban J connectivity index is 1.77. The number of nitrogens with zero attached hydrogens (tertiary/aromatic N) is 3. The molecule has 2 heterocycles. The van der Waals surface area contributed by atoms with Gasteiger partial charge in [-0.3, -0.25) is 9.59 Å². The molecule has 3 rings (SSSR count). The Morgan fingerprint density at radius 1 is 1.19 bits per heavy atom. The molecular formula is C16H12F3N3O4. The van der Waals surface area contributed by atoms with Gasteiger partial charge in [-0.1, -0.05) is 17.2 Å². The number of halogens is 3. The molecule has 1 aliphatic rings. The van der Waals surface area contributed by atoms with Crippen molar-refractivity contribution in [2.75, 3.05) is 0 Å². The Morgan fingerprint density at radius 2 is 1.77 bits per heavy atom. The Bertz CT molecular complexity index is 856. The summed E-state index contributed by atoms with van der Waals surface area (Å²) in [6.45, 7) is 0. The van der Waals surface area contributed by atoms with Gasteiger partial charge in [-0.2, -0.15) is 13.2 Å². The van der Waals surface area contributed by atoms with Crippen LogP contribution < -0.4 is 0 Å². The molecule has 1 atom stereocenters. The number of aryl methyl sites for hydroxylation is 1. The van der Waals surface area contributed by atoms with Crippen molar-refractivity contribution >= 4 is 17.8 Å². The van der Waals surface area contributed by atoms with Crippen LogP contribution in [-0.4, -0.2) is 38.6 Å². The molecule has 0 aliphatic carbocycles. The van der Waals surface area contributed by atoms with Crippen LogP contribution in [0.5, 0.6) is 0 Å². The molecule has 0 saturated carbocycles. The fraction of sp³-hybridized carbons (Fsp3) is 0.250. The second-order valence-corrected chi connectivity index (χ2v) is 5.61. The molecule has 1 aliphatic heterocycles. The lowest BCUT2D eigenvalue weighted by molar-refractivity contribution is -0.182. The Hall–Kier alpha value is -3.17. The number of imidazole rings is 1. The highest BCUT2D eigenvalue weighted by Gasteiger charge is 2.46. The molecule has 0 N–H and O–H groups in total. The lowest BCUT2D eigenvalue weighted by Crippen LogP contribution is -2.35. The quantitative estimate of drug-likeness (QED) is 0.774. The minimum Gasteiger partial charge on any atom is -0.337 e. The molecule has 26 heavy (non-hydrogen) atoms. The summed E-state index contributed by atoms with van der Waals surface area (Å²) in [5.74, 6) is -5.79. The van der Waals surface area contributed by atoms with Crippen LogP contribution >= 0.6 is 0 Å². The van der Waals surface area contributed by atoms with E-state index in [0.717, 1.165) is 4.57 Å². The van der Waals surface area contributed by atoms with Gasteiger partial charge in [0, 0.05) is 19.4 Å². The van der Waals surface area contributed by atoms with Crippen LogP contribution in [0, 0.1) is 0 Å². The van der Waals surface area contributed by atoms with Crippen LogP contribution in [0.4, 0.5) is 13.2 Å². The van der Waals surface area contributed by atoms with E-state index >= 15 is 0 Å². The zero-order valence-corrected chi connectivity index (χ0v) is 13.4. The maximum absolute atomic E-state index is 13.3. The first-order valence-corrected chi connectivity index (χ1v) is 7.42. The number of carbonyl (C=O) groups excluding carboxylic acids is 3. The van der Waals surface area contributed by atoms with Crippen molar-refractivity contribution in [3.63, 3.8) is 0 Å². The summed E-state index contributed by atoms with van der Waals surface area (Å²) in [6.07, 6.45) is -3.41. The summed E-state index contributed by atoms with van der Waals surface area (Å²) >= 11 is 0. The summed E-state index contributed by atoms with van der Waals surface area (Å²) in [6, 6.07) is 5.73. The number of aromatic nitrogens is 2. The van der Waals surface area contributed by atoms with Gasteiger partial charge in [0.2, 0.25) is 0 Å². The molecule has 0 fully saturated rings. The number of amides is 2. The van der Waals surface area contributed by atoms with E-state index in [2.05, 4.69) is 9.82 Å². The van der Waals surface area contributed by atoms with Crippen molar-refractivity contribution in [2.24, 2.45) is 7.05 Å². The van der Waals surface area contributed by atoms with Crippen molar-refractivity contribution in [1.29, 1.82) is 0 Å². The Morgan fingerprint density at radius 3 is 2.23 bits per heavy atom. The summed E-state index contributed by atoms with van der Waals surface area (Å²) in [7, 11) is 1.36. The standard InChI is InChI=1S/C16H12F3N3O4/c1-21-7-6-20-13(21)11(16(17,18)19)8-12(23)26-22-14(24)9-4-2-3-5-10(9)15(22)25/h2-7,11H,8H2,1H3. The number of benzene rings is 1. The van der Waals surface area contributed by atoms with E-state index in [-0.39, 0.29) is 22.0 Å². The van der Waals surface area contributed by atoms with Crippen molar-refractivity contribution in [3.05, 3.63) is 53.6 Å². The third-order valence-corrected chi connectivity index (χ3v) is 3.89. The SMILES string of the molecule is Cn1ccnc1C(CC(=O)ON1C(=O)c2ccccc2C1=O)C(F)(F)F. The van der Waals surface area contributed by atoms with E-state index in [4.69, 9.17) is 0 Å². The molecule has 0 spiro atoms. The van der Waals surface area contributed by atoms with Gasteiger partial charge in [0.1, 0.15) is 11.7 Å². The number of rotatable bonds is 4. The first kappa shape index (κ1) is 17.6. The van der Waals surface area contributed by atoms with E-state index in [9.17, 15) is 27.6 Å². The third-order valence-electron chi connectivity index (χ3n) is 3.89. The van der Waals surface area contributed by atoms with Gasteiger partial charge in [-0.15, -0.1) is 0 Å². The van der Waals surface area contributed by atoms with Gasteiger partial charge in [-0.05, 0) is 12.1 Å². The smallest absolute Gasteiger partial charge is 0.337 e. The summed E-state index contributed by atoms with van der Waals surface area (Å²) in [5, 5.41) is 0.179. The average molecular weight is 367 g/mol. The first-order chi connectivity index (χ1) is 12.2. The van der Waals surface area contributed by atoms with E-state index in [0.29, 0.717) is 0 Å². The molecule has 10 heteroatoms. The number of hydrogen-bond acceptors (Lipinski definition) is 5. The maximum atomic E-state index is 13.3. The van der Waals surface area contributed by atoms with Gasteiger partial charge in [0.15, 0.2) is 0 Å². The monoisotopic (exact) mass is 367 g/mol. The fourth-order valence-corrected chi connectivity index (χ4v) is 2.62. The molecular weight excluding hydrogens is 355 g/mol. The third kappa shape index (κ3) is 3.05. The maximum Gasteiger partial charge on any atom is 0.399 e. The van der Waals surface area contributed by atoms with Crippen LogP contribution in [0.3, 0.4) is 0 Å². The molecule has 2 aromatic rings. The first-order valence-electron chi connectivity index (χ1n) is 7.42. The number of fused-ring (bicyclic) bond motifs is 1. The minimum atomic E-state index is -4.76. The molecule has 2 amide bonds. The van der Waals surface area contributed by atoms with Crippen molar-refractivity contribution in [3.8, 4) is 0 Å². The Kier molecular flexibility index (Phi) is 4.26. The van der Waals surface area contributed by atoms with Crippen LogP contribution in [0.1, 0.15) is 38.9 Å². The number of alkyl halides is 3. The molecule has 136 valence electrons. The van der Waals surface area contributed by atoms with Crippen molar-refractivity contribution < 1.29 is 32.4 Å². The average Bonchev–Trinajstić information content (AvgIpc) is 3.09. The highest BCUT2D eigenvalue weighted by molar-refractivity contribution is 6.20. The fourth-order valence-electron chi connectivity index (χ4n) is 2.62. The van der Waals surface area contributed by atoms with Crippen LogP contribution in [0.15, 0.2) is 36.7 Å². The highest BCUT2D eigenvalue weighted by Crippen LogP contribution is 2.37. The predicted octanol–water partition coefficient (Wildman–Crippen LogP) is 2.21. The Labute approximate surface area is 144 Å². The van der Waals surface area contributed by atoms with E-state index in [1.807, 2.05) is 0 Å². The molecule has 0 bridgehead atoms. The largest absolute Gasteiger partial charge is 0.399 e. The van der Waals surface area contributed by atoms with Crippen LogP contribution in [0.25, 0.3) is 0 Å². The minimum absolute atomic E-state index is 0.0155. The highest BCUT2D eigenvalue weighted by atomic mass is 19.4. The topological polar surface area (TPSA) is 81.5 Å². The molecule has 1 aromatic carbocycles. The van der Waals surface area contributed by atoms with Gasteiger partial charge in [0.25, 0.3) is 11.8 Å². The van der Waals surface area contributed by atoms with Gasteiger partial charge in [-0.25, -0.2) is 9.78 Å². The van der Waals surface area contributed by atoms with Crippen LogP contribution in [0.2, 0.25) is 0 Å². The van der Waals surface area contributed by atoms with E-state index in [1.54, 1.807) is 0 Å². The van der Waals surface area contributed by atoms with E-state index in [1.165, 1.54) is 43.7 Å². The van der Waals surface area contributed by atoms with Crippen LogP contribution in [-0.2, 0) is 16.7 Å². The molecule has 7 nitrogen and oxygen atoms in total. The predicted molar refractivity (Wildman–Crippen MR) is 79.7 cm³/mol. The van der Waals surface area contributed by atoms with Gasteiger partial charge in [0.05, 0.1) is 17.5 Å².